The number of ketones is 1. The highest BCUT2D eigenvalue weighted by atomic mass is 16.2. The number of nitrogens with two attached hydrogens (primary N) is 1. The van der Waals surface area contributed by atoms with Gasteiger partial charge in [0.15, 0.2) is 5.78 Å². The molecule has 0 unspecified atom stereocenters. The molecule has 0 aliphatic rings. The number of hydrogen-bond acceptors (Lipinski definition) is 2. The third-order valence-corrected chi connectivity index (χ3v) is 2.43. The summed E-state index contributed by atoms with van der Waals surface area (Å²) in [5.41, 5.74) is 6.64. The van der Waals surface area contributed by atoms with E-state index in [9.17, 15) is 9.59 Å². The molecule has 4 nitrogen and oxygen atoms in total. The van der Waals surface area contributed by atoms with Crippen molar-refractivity contribution in [2.75, 3.05) is 5.32 Å². The second-order valence-corrected chi connectivity index (χ2v) is 3.77. The van der Waals surface area contributed by atoms with Crippen LogP contribution in [-0.2, 0) is 0 Å². The van der Waals surface area contributed by atoms with Gasteiger partial charge >= 0.3 is 6.03 Å². The van der Waals surface area contributed by atoms with Crippen LogP contribution in [0.3, 0.4) is 0 Å². The molecule has 90 valence electrons. The number of anilines is 1. The lowest BCUT2D eigenvalue weighted by atomic mass is 10.0. The van der Waals surface area contributed by atoms with Crippen LogP contribution in [0.25, 0.3) is 0 Å². The number of amides is 2. The fourth-order valence-electron chi connectivity index (χ4n) is 1.64. The highest BCUT2D eigenvalue weighted by Crippen LogP contribution is 2.14. The van der Waals surface area contributed by atoms with Gasteiger partial charge in [-0.15, -0.1) is 0 Å². The van der Waals surface area contributed by atoms with Gasteiger partial charge in [-0.2, -0.15) is 0 Å². The average Bonchev–Trinajstić information content (AvgIpc) is 2.38. The predicted octanol–water partition coefficient (Wildman–Crippen LogP) is 2.41. The predicted molar refractivity (Wildman–Crippen MR) is 69.5 cm³/mol. The summed E-state index contributed by atoms with van der Waals surface area (Å²) in [5.74, 6) is -0.0938. The molecule has 2 aromatic carbocycles. The zero-order valence-corrected chi connectivity index (χ0v) is 9.59. The minimum atomic E-state index is -0.653. The average molecular weight is 240 g/mol. The second kappa shape index (κ2) is 5.14. The van der Waals surface area contributed by atoms with Gasteiger partial charge in [0.1, 0.15) is 0 Å². The van der Waals surface area contributed by atoms with E-state index in [1.165, 1.54) is 0 Å². The Hall–Kier alpha value is -2.62. The van der Waals surface area contributed by atoms with E-state index in [0.29, 0.717) is 16.8 Å². The van der Waals surface area contributed by atoms with Crippen molar-refractivity contribution in [2.45, 2.75) is 0 Å². The van der Waals surface area contributed by atoms with Gasteiger partial charge in [0, 0.05) is 16.8 Å². The maximum Gasteiger partial charge on any atom is 0.316 e. The molecule has 2 amide bonds. The molecule has 0 aliphatic heterocycles. The van der Waals surface area contributed by atoms with Gasteiger partial charge < -0.3 is 11.1 Å². The van der Waals surface area contributed by atoms with Crippen LogP contribution in [0.1, 0.15) is 15.9 Å². The number of urea groups is 1. The number of primary amides is 1. The molecule has 0 aliphatic carbocycles. The molecule has 3 N–H and O–H groups in total. The normalized spacial score (nSPS) is 9.78. The maximum atomic E-state index is 12.1. The molecule has 0 bridgehead atoms. The molecule has 4 heteroatoms. The minimum Gasteiger partial charge on any atom is -0.351 e. The van der Waals surface area contributed by atoms with Gasteiger partial charge in [0.25, 0.3) is 0 Å². The van der Waals surface area contributed by atoms with Gasteiger partial charge in [-0.3, -0.25) is 4.79 Å². The number of nitrogens with one attached hydrogen (secondary N) is 1. The quantitative estimate of drug-likeness (QED) is 0.808. The van der Waals surface area contributed by atoms with Crippen LogP contribution in [-0.4, -0.2) is 11.8 Å². The van der Waals surface area contributed by atoms with Crippen LogP contribution in [0.4, 0.5) is 10.5 Å². The van der Waals surface area contributed by atoms with E-state index >= 15 is 0 Å². The first-order valence-corrected chi connectivity index (χ1v) is 5.43. The van der Waals surface area contributed by atoms with Crippen LogP contribution in [0.15, 0.2) is 54.6 Å². The minimum absolute atomic E-state index is 0.0938. The summed E-state index contributed by atoms with van der Waals surface area (Å²) in [6.07, 6.45) is 0. The van der Waals surface area contributed by atoms with E-state index in [4.69, 9.17) is 5.73 Å². The van der Waals surface area contributed by atoms with Crippen molar-refractivity contribution in [3.63, 3.8) is 0 Å². The van der Waals surface area contributed by atoms with Crippen molar-refractivity contribution in [3.8, 4) is 0 Å². The third-order valence-electron chi connectivity index (χ3n) is 2.43. The number of benzene rings is 2. The lowest BCUT2D eigenvalue weighted by Gasteiger charge is -2.05. The van der Waals surface area contributed by atoms with E-state index in [1.807, 2.05) is 6.07 Å². The molecular formula is C14H12N2O2. The molecule has 2 rings (SSSR count). The second-order valence-electron chi connectivity index (χ2n) is 3.77. The van der Waals surface area contributed by atoms with Gasteiger partial charge in [0.2, 0.25) is 0 Å². The zero-order valence-electron chi connectivity index (χ0n) is 9.59. The van der Waals surface area contributed by atoms with E-state index < -0.39 is 6.03 Å². The Kier molecular flexibility index (Phi) is 3.38. The summed E-state index contributed by atoms with van der Waals surface area (Å²) < 4.78 is 0. The molecule has 0 atom stereocenters. The molecule has 0 radical (unpaired) electrons. The maximum absolute atomic E-state index is 12.1. The van der Waals surface area contributed by atoms with Crippen molar-refractivity contribution in [3.05, 3.63) is 65.7 Å². The highest BCUT2D eigenvalue weighted by molar-refractivity contribution is 6.09. The van der Waals surface area contributed by atoms with Crippen LogP contribution in [0, 0.1) is 0 Å². The third kappa shape index (κ3) is 2.74. The molecule has 0 aromatic heterocycles. The molecule has 0 saturated heterocycles. The van der Waals surface area contributed by atoms with E-state index in [-0.39, 0.29) is 5.78 Å². The molecule has 0 heterocycles. The summed E-state index contributed by atoms with van der Waals surface area (Å²) in [7, 11) is 0. The van der Waals surface area contributed by atoms with Crippen LogP contribution in [0.5, 0.6) is 0 Å². The van der Waals surface area contributed by atoms with E-state index in [2.05, 4.69) is 5.32 Å². The van der Waals surface area contributed by atoms with Gasteiger partial charge in [0.05, 0.1) is 0 Å². The molecule has 0 fully saturated rings. The van der Waals surface area contributed by atoms with Gasteiger partial charge in [-0.05, 0) is 12.1 Å². The first-order valence-electron chi connectivity index (χ1n) is 5.43. The summed E-state index contributed by atoms with van der Waals surface area (Å²) in [6, 6.07) is 15.0. The van der Waals surface area contributed by atoms with Crippen molar-refractivity contribution in [1.82, 2.24) is 0 Å². The largest absolute Gasteiger partial charge is 0.351 e. The molecule has 0 saturated carbocycles. The van der Waals surface area contributed by atoms with Gasteiger partial charge in [-0.1, -0.05) is 42.5 Å². The molecule has 18 heavy (non-hydrogen) atoms. The van der Waals surface area contributed by atoms with E-state index in [1.54, 1.807) is 48.5 Å². The standard InChI is InChI=1S/C14H12N2O2/c15-14(18)16-12-8-4-7-11(9-12)13(17)10-5-2-1-3-6-10/h1-9H,(H3,15,16,18). The number of carbonyl (C=O) groups is 2. The van der Waals surface area contributed by atoms with Crippen molar-refractivity contribution >= 4 is 17.5 Å². The topological polar surface area (TPSA) is 72.2 Å². The SMILES string of the molecule is NC(=O)Nc1cccc(C(=O)c2ccccc2)c1. The van der Waals surface area contributed by atoms with Gasteiger partial charge in [-0.25, -0.2) is 4.79 Å². The molecule has 2 aromatic rings. The fraction of sp³-hybridized carbons (Fsp3) is 0. The van der Waals surface area contributed by atoms with Crippen LogP contribution in [0.2, 0.25) is 0 Å². The fourth-order valence-corrected chi connectivity index (χ4v) is 1.64. The first-order chi connectivity index (χ1) is 8.66. The summed E-state index contributed by atoms with van der Waals surface area (Å²) >= 11 is 0. The Morgan fingerprint density at radius 1 is 0.889 bits per heavy atom. The lowest BCUT2D eigenvalue weighted by molar-refractivity contribution is 0.103. The zero-order chi connectivity index (χ0) is 13.0. The Balaban J connectivity index is 2.29. The Morgan fingerprint density at radius 3 is 2.22 bits per heavy atom. The Bertz CT molecular complexity index is 579. The van der Waals surface area contributed by atoms with Crippen molar-refractivity contribution in [1.29, 1.82) is 0 Å². The summed E-state index contributed by atoms with van der Waals surface area (Å²) in [5, 5.41) is 2.44. The van der Waals surface area contributed by atoms with Crippen LogP contribution >= 0.6 is 0 Å². The summed E-state index contributed by atoms with van der Waals surface area (Å²) in [4.78, 5) is 22.9. The lowest BCUT2D eigenvalue weighted by Crippen LogP contribution is -2.19. The molecular weight excluding hydrogens is 228 g/mol. The first kappa shape index (κ1) is 11.9. The Labute approximate surface area is 104 Å². The number of rotatable bonds is 3. The smallest absolute Gasteiger partial charge is 0.316 e. The highest BCUT2D eigenvalue weighted by Gasteiger charge is 2.09. The summed E-state index contributed by atoms with van der Waals surface area (Å²) in [6.45, 7) is 0. The number of hydrogen-bond donors (Lipinski definition) is 2. The molecule has 0 spiro atoms. The van der Waals surface area contributed by atoms with Crippen molar-refractivity contribution in [2.24, 2.45) is 5.73 Å². The van der Waals surface area contributed by atoms with Crippen molar-refractivity contribution < 1.29 is 9.59 Å². The van der Waals surface area contributed by atoms with E-state index in [0.717, 1.165) is 0 Å². The monoisotopic (exact) mass is 240 g/mol. The number of carbonyl (C=O) groups excluding carboxylic acids is 2. The van der Waals surface area contributed by atoms with Crippen LogP contribution < -0.4 is 11.1 Å². The Morgan fingerprint density at radius 2 is 1.56 bits per heavy atom.